The highest BCUT2D eigenvalue weighted by atomic mass is 19.1. The summed E-state index contributed by atoms with van der Waals surface area (Å²) in [5.41, 5.74) is -1.02. The Hall–Kier alpha value is -2.02. The second kappa shape index (κ2) is 7.04. The standard InChI is InChI=1S/C16H19F2NO4/c1-19(7-4-14(20)21)15(22)16(5-8-23-9-6-16)12-3-2-11(17)10-13(12)18/h2-3,10H,4-9H2,1H3,(H,20,21). The van der Waals surface area contributed by atoms with E-state index in [0.717, 1.165) is 12.1 Å². The third-order valence-corrected chi connectivity index (χ3v) is 4.21. The van der Waals surface area contributed by atoms with Gasteiger partial charge in [0.25, 0.3) is 0 Å². The molecule has 1 N–H and O–H groups in total. The maximum Gasteiger partial charge on any atom is 0.305 e. The molecule has 1 heterocycles. The number of amides is 1. The van der Waals surface area contributed by atoms with E-state index >= 15 is 0 Å². The Morgan fingerprint density at radius 2 is 1.96 bits per heavy atom. The number of carboxylic acids is 1. The molecule has 0 unspecified atom stereocenters. The van der Waals surface area contributed by atoms with Gasteiger partial charge in [-0.2, -0.15) is 0 Å². The van der Waals surface area contributed by atoms with Crippen molar-refractivity contribution in [1.82, 2.24) is 4.90 Å². The average molecular weight is 327 g/mol. The van der Waals surface area contributed by atoms with Gasteiger partial charge in [0.1, 0.15) is 11.6 Å². The number of rotatable bonds is 5. The number of carboxylic acid groups (broad SMARTS) is 1. The Balaban J connectivity index is 2.35. The zero-order valence-corrected chi connectivity index (χ0v) is 12.8. The van der Waals surface area contributed by atoms with E-state index < -0.39 is 23.0 Å². The number of ether oxygens (including phenoxy) is 1. The molecule has 2 rings (SSSR count). The molecule has 23 heavy (non-hydrogen) atoms. The monoisotopic (exact) mass is 327 g/mol. The highest BCUT2D eigenvalue weighted by Gasteiger charge is 2.45. The van der Waals surface area contributed by atoms with Gasteiger partial charge in [0.2, 0.25) is 5.91 Å². The lowest BCUT2D eigenvalue weighted by Crippen LogP contribution is -2.49. The Kier molecular flexibility index (Phi) is 5.30. The molecular formula is C16H19F2NO4. The van der Waals surface area contributed by atoms with E-state index in [4.69, 9.17) is 9.84 Å². The van der Waals surface area contributed by atoms with Crippen molar-refractivity contribution in [2.45, 2.75) is 24.7 Å². The van der Waals surface area contributed by atoms with Crippen molar-refractivity contribution < 1.29 is 28.2 Å². The number of benzene rings is 1. The Bertz CT molecular complexity index is 600. The van der Waals surface area contributed by atoms with Crippen LogP contribution in [0.4, 0.5) is 8.78 Å². The lowest BCUT2D eigenvalue weighted by molar-refractivity contribution is -0.142. The van der Waals surface area contributed by atoms with Gasteiger partial charge in [-0.15, -0.1) is 0 Å². The number of likely N-dealkylation sites (N-methyl/N-ethyl adjacent to an activating group) is 1. The van der Waals surface area contributed by atoms with Crippen molar-refractivity contribution in [3.63, 3.8) is 0 Å². The molecule has 126 valence electrons. The number of hydrogen-bond donors (Lipinski definition) is 1. The topological polar surface area (TPSA) is 66.8 Å². The average Bonchev–Trinajstić information content (AvgIpc) is 2.52. The van der Waals surface area contributed by atoms with Crippen LogP contribution >= 0.6 is 0 Å². The maximum absolute atomic E-state index is 14.3. The summed E-state index contributed by atoms with van der Waals surface area (Å²) in [4.78, 5) is 24.9. The first-order valence-electron chi connectivity index (χ1n) is 7.37. The predicted molar refractivity (Wildman–Crippen MR) is 78.0 cm³/mol. The molecule has 5 nitrogen and oxygen atoms in total. The van der Waals surface area contributed by atoms with Crippen molar-refractivity contribution >= 4 is 11.9 Å². The minimum atomic E-state index is -1.15. The molecule has 1 saturated heterocycles. The van der Waals surface area contributed by atoms with E-state index in [1.54, 1.807) is 0 Å². The van der Waals surface area contributed by atoms with Crippen molar-refractivity contribution in [2.24, 2.45) is 0 Å². The molecule has 0 atom stereocenters. The van der Waals surface area contributed by atoms with Crippen LogP contribution in [-0.4, -0.2) is 48.7 Å². The lowest BCUT2D eigenvalue weighted by Gasteiger charge is -2.39. The molecule has 7 heteroatoms. The zero-order chi connectivity index (χ0) is 17.0. The van der Waals surface area contributed by atoms with Crippen LogP contribution in [0.3, 0.4) is 0 Å². The summed E-state index contributed by atoms with van der Waals surface area (Å²) < 4.78 is 32.7. The van der Waals surface area contributed by atoms with Crippen molar-refractivity contribution in [3.05, 3.63) is 35.4 Å². The minimum Gasteiger partial charge on any atom is -0.481 e. The fourth-order valence-electron chi connectivity index (χ4n) is 2.93. The Labute approximate surface area is 132 Å². The van der Waals surface area contributed by atoms with E-state index in [1.165, 1.54) is 18.0 Å². The molecule has 1 aliphatic heterocycles. The number of aliphatic carboxylic acids is 1. The van der Waals surface area contributed by atoms with Gasteiger partial charge >= 0.3 is 5.97 Å². The summed E-state index contributed by atoms with van der Waals surface area (Å²) in [6.07, 6.45) is 0.346. The molecule has 0 aliphatic carbocycles. The number of nitrogens with zero attached hydrogens (tertiary/aromatic N) is 1. The van der Waals surface area contributed by atoms with Crippen LogP contribution in [0.25, 0.3) is 0 Å². The maximum atomic E-state index is 14.3. The van der Waals surface area contributed by atoms with Gasteiger partial charge in [-0.25, -0.2) is 8.78 Å². The second-order valence-electron chi connectivity index (χ2n) is 5.69. The van der Waals surface area contributed by atoms with Gasteiger partial charge in [0.05, 0.1) is 11.8 Å². The van der Waals surface area contributed by atoms with Crippen LogP contribution in [0.2, 0.25) is 0 Å². The molecule has 0 saturated carbocycles. The van der Waals surface area contributed by atoms with Gasteiger partial charge in [0, 0.05) is 38.4 Å². The van der Waals surface area contributed by atoms with Gasteiger partial charge in [0.15, 0.2) is 0 Å². The number of halogens is 2. The summed E-state index contributed by atoms with van der Waals surface area (Å²) in [7, 11) is 1.49. The largest absolute Gasteiger partial charge is 0.481 e. The molecular weight excluding hydrogens is 308 g/mol. The summed E-state index contributed by atoms with van der Waals surface area (Å²) in [5, 5.41) is 8.75. The first-order chi connectivity index (χ1) is 10.9. The van der Waals surface area contributed by atoms with Crippen molar-refractivity contribution in [1.29, 1.82) is 0 Å². The molecule has 1 amide bonds. The van der Waals surface area contributed by atoms with Gasteiger partial charge in [-0.1, -0.05) is 6.07 Å². The number of hydrogen-bond acceptors (Lipinski definition) is 3. The second-order valence-corrected chi connectivity index (χ2v) is 5.69. The molecule has 0 bridgehead atoms. The third kappa shape index (κ3) is 3.67. The quantitative estimate of drug-likeness (QED) is 0.897. The minimum absolute atomic E-state index is 0.0274. The number of carbonyl (C=O) groups is 2. The van der Waals surface area contributed by atoms with Gasteiger partial charge < -0.3 is 14.7 Å². The van der Waals surface area contributed by atoms with Crippen LogP contribution in [0, 0.1) is 11.6 Å². The fraction of sp³-hybridized carbons (Fsp3) is 0.500. The molecule has 1 aromatic rings. The van der Waals surface area contributed by atoms with Gasteiger partial charge in [-0.3, -0.25) is 9.59 Å². The smallest absolute Gasteiger partial charge is 0.305 e. The van der Waals surface area contributed by atoms with Crippen LogP contribution in [0.1, 0.15) is 24.8 Å². The number of carbonyl (C=O) groups excluding carboxylic acids is 1. The van der Waals surface area contributed by atoms with E-state index in [1.807, 2.05) is 0 Å². The van der Waals surface area contributed by atoms with Crippen LogP contribution < -0.4 is 0 Å². The predicted octanol–water partition coefficient (Wildman–Crippen LogP) is 1.95. The Morgan fingerprint density at radius 3 is 2.52 bits per heavy atom. The van der Waals surface area contributed by atoms with E-state index in [-0.39, 0.29) is 50.5 Å². The highest BCUT2D eigenvalue weighted by Crippen LogP contribution is 2.38. The van der Waals surface area contributed by atoms with E-state index in [0.29, 0.717) is 0 Å². The van der Waals surface area contributed by atoms with Crippen LogP contribution in [0.5, 0.6) is 0 Å². The first-order valence-corrected chi connectivity index (χ1v) is 7.37. The molecule has 0 aromatic heterocycles. The molecule has 0 spiro atoms. The van der Waals surface area contributed by atoms with Crippen molar-refractivity contribution in [2.75, 3.05) is 26.8 Å². The van der Waals surface area contributed by atoms with Crippen LogP contribution in [0.15, 0.2) is 18.2 Å². The first kappa shape index (κ1) is 17.3. The SMILES string of the molecule is CN(CCC(=O)O)C(=O)C1(c2ccc(F)cc2F)CCOCC1. The normalized spacial score (nSPS) is 16.8. The summed E-state index contributed by atoms with van der Waals surface area (Å²) in [6.45, 7) is 0.601. The Morgan fingerprint density at radius 1 is 1.30 bits per heavy atom. The molecule has 1 aliphatic rings. The third-order valence-electron chi connectivity index (χ3n) is 4.21. The summed E-state index contributed by atoms with van der Waals surface area (Å²) in [6, 6.07) is 3.18. The molecule has 1 fully saturated rings. The van der Waals surface area contributed by atoms with E-state index in [9.17, 15) is 18.4 Å². The van der Waals surface area contributed by atoms with E-state index in [2.05, 4.69) is 0 Å². The fourth-order valence-corrected chi connectivity index (χ4v) is 2.93. The summed E-state index contributed by atoms with van der Waals surface area (Å²) >= 11 is 0. The van der Waals surface area contributed by atoms with Crippen molar-refractivity contribution in [3.8, 4) is 0 Å². The van der Waals surface area contributed by atoms with Gasteiger partial charge in [-0.05, 0) is 18.9 Å². The lowest BCUT2D eigenvalue weighted by atomic mass is 9.72. The van der Waals surface area contributed by atoms with Crippen LogP contribution in [-0.2, 0) is 19.7 Å². The molecule has 0 radical (unpaired) electrons. The summed E-state index contributed by atoms with van der Waals surface area (Å²) in [5.74, 6) is -2.86. The zero-order valence-electron chi connectivity index (χ0n) is 12.8. The molecule has 1 aromatic carbocycles. The highest BCUT2D eigenvalue weighted by molar-refractivity contribution is 5.88.